The van der Waals surface area contributed by atoms with E-state index in [4.69, 9.17) is 15.2 Å². The molecule has 3 rings (SSSR count). The number of rotatable bonds is 14. The Morgan fingerprint density at radius 3 is 2.59 bits per heavy atom. The average molecular weight is 657 g/mol. The van der Waals surface area contributed by atoms with Crippen molar-refractivity contribution < 1.29 is 82.9 Å². The van der Waals surface area contributed by atoms with Crippen molar-refractivity contribution in [3.8, 4) is 0 Å². The molecule has 23 heteroatoms. The number of hydrogen-bond donors (Lipinski definition) is 10. The van der Waals surface area contributed by atoms with Gasteiger partial charge in [-0.3, -0.25) is 23.6 Å². The Bertz CT molecular complexity index is 1150. The molecule has 0 radical (unpaired) electrons. The molecule has 0 aromatic carbocycles. The Morgan fingerprint density at radius 2 is 2.00 bits per heavy atom. The number of aliphatic hydroxyl groups excluding tert-OH is 6. The molecule has 2 fully saturated rings. The van der Waals surface area contributed by atoms with Crippen LogP contribution in [0, 0.1) is 0 Å². The summed E-state index contributed by atoms with van der Waals surface area (Å²) in [6.45, 7) is -2.90. The van der Waals surface area contributed by atoms with E-state index in [1.807, 2.05) is 5.32 Å². The van der Waals surface area contributed by atoms with E-state index in [-0.39, 0.29) is 6.41 Å². The summed E-state index contributed by atoms with van der Waals surface area (Å²) < 4.78 is 32.5. The van der Waals surface area contributed by atoms with Crippen LogP contribution in [0.4, 0.5) is 4.79 Å². The van der Waals surface area contributed by atoms with Crippen molar-refractivity contribution in [3.05, 3.63) is 12.3 Å². The molecular weight excluding hydrogens is 625 g/mol. The molecule has 10 unspecified atom stereocenters. The largest absolute Gasteiger partial charge is 0.756 e. The zero-order chi connectivity index (χ0) is 33.0. The van der Waals surface area contributed by atoms with Gasteiger partial charge in [-0.2, -0.15) is 0 Å². The number of ether oxygens (including phenoxy) is 2. The quantitative estimate of drug-likeness (QED) is 0.0612. The lowest BCUT2D eigenvalue weighted by Crippen LogP contribution is -2.70. The number of hydrogen-bond acceptors (Lipinski definition) is 18. The number of amides is 4. The number of nitrogens with two attached hydrogens (primary N) is 1. The number of aliphatic hydroxyl groups is 6. The Hall–Kier alpha value is -2.83. The highest BCUT2D eigenvalue weighted by atomic mass is 31.2. The molecule has 0 saturated carbocycles. The van der Waals surface area contributed by atoms with E-state index in [2.05, 4.69) is 19.7 Å². The number of carboxylic acids is 1. The van der Waals surface area contributed by atoms with Crippen LogP contribution in [0.15, 0.2) is 12.3 Å². The fraction of sp³-hybridized carbons (Fsp3) is 0.714. The van der Waals surface area contributed by atoms with Crippen LogP contribution in [0.5, 0.6) is 0 Å². The first-order valence-electron chi connectivity index (χ1n) is 12.8. The van der Waals surface area contributed by atoms with Crippen LogP contribution in [-0.2, 0) is 37.5 Å². The van der Waals surface area contributed by atoms with Crippen molar-refractivity contribution in [3.63, 3.8) is 0 Å². The molecule has 0 aliphatic carbocycles. The highest BCUT2D eigenvalue weighted by Gasteiger charge is 2.54. The zero-order valence-corrected chi connectivity index (χ0v) is 23.4. The van der Waals surface area contributed by atoms with Gasteiger partial charge in [0, 0.05) is 12.6 Å². The van der Waals surface area contributed by atoms with E-state index in [0.717, 1.165) is 11.1 Å². The first kappa shape index (κ1) is 35.6. The molecule has 44 heavy (non-hydrogen) atoms. The van der Waals surface area contributed by atoms with Crippen molar-refractivity contribution in [2.24, 2.45) is 5.73 Å². The molecule has 12 atom stereocenters. The summed E-state index contributed by atoms with van der Waals surface area (Å²) in [5.74, 6) is -6.86. The van der Waals surface area contributed by atoms with E-state index < -0.39 is 119 Å². The summed E-state index contributed by atoms with van der Waals surface area (Å²) in [4.78, 5) is 60.4. The molecule has 0 aromatic heterocycles. The fourth-order valence-corrected chi connectivity index (χ4v) is 5.47. The minimum atomic E-state index is -5.86. The minimum Gasteiger partial charge on any atom is -0.756 e. The van der Waals surface area contributed by atoms with Crippen LogP contribution in [0.3, 0.4) is 0 Å². The monoisotopic (exact) mass is 657 g/mol. The van der Waals surface area contributed by atoms with E-state index in [1.54, 1.807) is 0 Å². The van der Waals surface area contributed by atoms with Gasteiger partial charge in [0.25, 0.3) is 7.82 Å². The average Bonchev–Trinajstić information content (AvgIpc) is 3.23. The van der Waals surface area contributed by atoms with Crippen LogP contribution < -0.4 is 31.7 Å². The molecule has 0 bridgehead atoms. The molecule has 3 heterocycles. The lowest BCUT2D eigenvalue weighted by molar-refractivity contribution is -0.377. The summed E-state index contributed by atoms with van der Waals surface area (Å²) >= 11 is 0. The Morgan fingerprint density at radius 1 is 1.32 bits per heavy atom. The number of carbonyl (C=O) groups excluding carboxylic acids is 4. The number of phosphoric acid groups is 1. The number of aliphatic carboxylic acids is 1. The molecule has 0 aromatic rings. The van der Waals surface area contributed by atoms with Crippen molar-refractivity contribution in [1.82, 2.24) is 20.9 Å². The molecule has 11 N–H and O–H groups in total. The molecule has 0 spiro atoms. The standard InChI is InChI=1S/C21H34N5O17P/c22-11-1-2-26(20(37)24-11)18-16(34)15(33)10(41-18)6-40-44(38,39)43-21(19(35)36)3-8(29)13(25-12(31)4-23-7-28)17(42-21)14(32)9(30)5-27/h1-2,7-11,13-18,27,29-30,32-34H,3-6,22H2,(H,23,28)(H,24,37)(H,25,31)(H,35,36)(H,38,39)/p-2/t8?,9-,10?,11?,13?,14-,15?,16?,17?,18?,21?/m1/s1. The van der Waals surface area contributed by atoms with Gasteiger partial charge >= 0.3 is 6.03 Å². The van der Waals surface area contributed by atoms with Gasteiger partial charge in [-0.15, -0.1) is 0 Å². The highest BCUT2D eigenvalue weighted by molar-refractivity contribution is 7.45. The molecule has 3 aliphatic rings. The molecule has 22 nitrogen and oxygen atoms in total. The van der Waals surface area contributed by atoms with Crippen LogP contribution in [-0.4, -0.2) is 147 Å². The first-order chi connectivity index (χ1) is 20.6. The molecule has 3 aliphatic heterocycles. The van der Waals surface area contributed by atoms with Crippen molar-refractivity contribution in [2.45, 2.75) is 73.4 Å². The molecule has 4 amide bonds. The number of nitrogens with zero attached hydrogens (tertiary/aromatic N) is 1. The van der Waals surface area contributed by atoms with E-state index in [9.17, 15) is 64.4 Å². The van der Waals surface area contributed by atoms with Crippen LogP contribution in [0.2, 0.25) is 0 Å². The highest BCUT2D eigenvalue weighted by Crippen LogP contribution is 2.48. The Balaban J connectivity index is 1.76. The third-order valence-electron chi connectivity index (χ3n) is 6.72. The zero-order valence-electron chi connectivity index (χ0n) is 22.5. The number of urea groups is 1. The van der Waals surface area contributed by atoms with Gasteiger partial charge in [0.1, 0.15) is 42.6 Å². The first-order valence-corrected chi connectivity index (χ1v) is 14.2. The van der Waals surface area contributed by atoms with Crippen LogP contribution in [0.1, 0.15) is 6.42 Å². The second-order valence-electron chi connectivity index (χ2n) is 9.83. The summed E-state index contributed by atoms with van der Waals surface area (Å²) in [5.41, 5.74) is 5.54. The Labute approximate surface area is 247 Å². The summed E-state index contributed by atoms with van der Waals surface area (Å²) in [6, 6.07) is -2.58. The SMILES string of the molecule is NC1C=CN(C2OC(COP(=O)([O-])OC3(C(=O)[O-])CC(O)C(NC(=O)CNC=O)C([C@H](O)[C@H](O)CO)O3)C(O)C2O)C(=O)N1. The van der Waals surface area contributed by atoms with Crippen molar-refractivity contribution in [1.29, 1.82) is 0 Å². The lowest BCUT2D eigenvalue weighted by Gasteiger charge is -2.50. The fourth-order valence-electron chi connectivity index (χ4n) is 4.54. The maximum atomic E-state index is 12.7. The van der Waals surface area contributed by atoms with E-state index >= 15 is 0 Å². The molecule has 2 saturated heterocycles. The van der Waals surface area contributed by atoms with Crippen molar-refractivity contribution in [2.75, 3.05) is 19.8 Å². The van der Waals surface area contributed by atoms with Gasteiger partial charge in [0.05, 0.1) is 38.1 Å². The maximum absolute atomic E-state index is 12.7. The topological polar surface area (TPSA) is 355 Å². The van der Waals surface area contributed by atoms with Gasteiger partial charge in [0.15, 0.2) is 6.23 Å². The predicted molar refractivity (Wildman–Crippen MR) is 131 cm³/mol. The number of phosphoric ester groups is 1. The lowest BCUT2D eigenvalue weighted by atomic mass is 9.88. The van der Waals surface area contributed by atoms with Gasteiger partial charge in [-0.25, -0.2) is 4.79 Å². The number of carbonyl (C=O) groups is 4. The van der Waals surface area contributed by atoms with Gasteiger partial charge in [-0.05, 0) is 6.08 Å². The number of nitrogens with one attached hydrogen (secondary N) is 3. The van der Waals surface area contributed by atoms with E-state index in [0.29, 0.717) is 0 Å². The Kier molecular flexibility index (Phi) is 11.8. The summed E-state index contributed by atoms with van der Waals surface area (Å²) in [5, 5.41) is 79.5. The molecular formula is C21H32N5O17P-2. The predicted octanol–water partition coefficient (Wildman–Crippen LogP) is -8.70. The third kappa shape index (κ3) is 8.06. The number of carboxylic acid groups (broad SMARTS) is 1. The smallest absolute Gasteiger partial charge is 0.325 e. The summed E-state index contributed by atoms with van der Waals surface area (Å²) in [6.07, 6.45) is -14.9. The van der Waals surface area contributed by atoms with Crippen LogP contribution >= 0.6 is 7.82 Å². The van der Waals surface area contributed by atoms with E-state index in [1.165, 1.54) is 6.08 Å². The minimum absolute atomic E-state index is 0.156. The maximum Gasteiger partial charge on any atom is 0.325 e. The van der Waals surface area contributed by atoms with Gasteiger partial charge in [0.2, 0.25) is 18.1 Å². The molecule has 250 valence electrons. The summed E-state index contributed by atoms with van der Waals surface area (Å²) in [7, 11) is -5.86. The van der Waals surface area contributed by atoms with Gasteiger partial charge in [-0.1, -0.05) is 0 Å². The second kappa shape index (κ2) is 14.5. The van der Waals surface area contributed by atoms with Crippen LogP contribution in [0.25, 0.3) is 0 Å². The van der Waals surface area contributed by atoms with Gasteiger partial charge < -0.3 is 81.1 Å². The van der Waals surface area contributed by atoms with Crippen molar-refractivity contribution >= 4 is 32.1 Å². The second-order valence-corrected chi connectivity index (χ2v) is 11.2. The third-order valence-corrected chi connectivity index (χ3v) is 7.71. The normalized spacial score (nSPS) is 36.5.